The number of nitrogens with two attached hydrogens (primary N) is 1. The Labute approximate surface area is 106 Å². The molecule has 1 aliphatic rings. The average Bonchev–Trinajstić information content (AvgIpc) is 2.56. The number of hydrogen-bond acceptors (Lipinski definition) is 3. The highest BCUT2D eigenvalue weighted by Gasteiger charge is 2.34. The molecule has 0 aliphatic heterocycles. The van der Waals surface area contributed by atoms with E-state index in [1.54, 1.807) is 0 Å². The van der Waals surface area contributed by atoms with Gasteiger partial charge in [-0.25, -0.2) is 0 Å². The molecule has 0 aromatic rings. The Hall–Kier alpha value is -0.120. The lowest BCUT2D eigenvalue weighted by Gasteiger charge is -2.43. The maximum atomic E-state index is 9.45. The van der Waals surface area contributed by atoms with Crippen LogP contribution in [0.5, 0.6) is 0 Å². The number of aliphatic hydroxyl groups excluding tert-OH is 1. The monoisotopic (exact) mass is 242 g/mol. The molecular weight excluding hydrogens is 212 g/mol. The number of aliphatic hydroxyl groups is 1. The maximum absolute atomic E-state index is 9.45. The van der Waals surface area contributed by atoms with E-state index in [2.05, 4.69) is 11.8 Å². The smallest absolute Gasteiger partial charge is 0.0524 e. The molecule has 0 aromatic heterocycles. The molecular formula is C14H30N2O. The highest BCUT2D eigenvalue weighted by Crippen LogP contribution is 2.32. The fraction of sp³-hybridized carbons (Fsp3) is 1.00. The molecule has 1 saturated carbocycles. The summed E-state index contributed by atoms with van der Waals surface area (Å²) in [7, 11) is 0. The molecule has 1 unspecified atom stereocenters. The minimum atomic E-state index is -0.204. The van der Waals surface area contributed by atoms with E-state index in [0.717, 1.165) is 26.1 Å². The summed E-state index contributed by atoms with van der Waals surface area (Å²) in [6.07, 6.45) is 8.45. The van der Waals surface area contributed by atoms with Crippen molar-refractivity contribution in [1.82, 2.24) is 4.90 Å². The summed E-state index contributed by atoms with van der Waals surface area (Å²) in [5, 5.41) is 9.45. The van der Waals surface area contributed by atoms with Crippen LogP contribution in [-0.2, 0) is 0 Å². The van der Waals surface area contributed by atoms with Gasteiger partial charge in [0.05, 0.1) is 6.10 Å². The first-order chi connectivity index (χ1) is 8.14. The molecule has 3 heteroatoms. The topological polar surface area (TPSA) is 49.5 Å². The normalized spacial score (nSPS) is 22.4. The van der Waals surface area contributed by atoms with E-state index in [9.17, 15) is 5.11 Å². The Morgan fingerprint density at radius 2 is 1.82 bits per heavy atom. The molecule has 102 valence electrons. The van der Waals surface area contributed by atoms with E-state index in [0.29, 0.717) is 0 Å². The lowest BCUT2D eigenvalue weighted by atomic mass is 9.87. The second-order valence-corrected chi connectivity index (χ2v) is 5.56. The summed E-state index contributed by atoms with van der Waals surface area (Å²) in [6, 6.07) is 0. The van der Waals surface area contributed by atoms with Gasteiger partial charge in [0.15, 0.2) is 0 Å². The van der Waals surface area contributed by atoms with Crippen LogP contribution in [0.4, 0.5) is 0 Å². The van der Waals surface area contributed by atoms with Crippen LogP contribution in [0.1, 0.15) is 58.8 Å². The van der Waals surface area contributed by atoms with E-state index in [-0.39, 0.29) is 11.6 Å². The van der Waals surface area contributed by atoms with E-state index in [1.165, 1.54) is 38.5 Å². The first-order valence-corrected chi connectivity index (χ1v) is 7.28. The zero-order valence-corrected chi connectivity index (χ0v) is 11.6. The van der Waals surface area contributed by atoms with Crippen LogP contribution in [0.15, 0.2) is 0 Å². The highest BCUT2D eigenvalue weighted by atomic mass is 16.3. The summed E-state index contributed by atoms with van der Waals surface area (Å²) in [6.45, 7) is 6.87. The molecule has 17 heavy (non-hydrogen) atoms. The third-order valence-electron chi connectivity index (χ3n) is 4.28. The lowest BCUT2D eigenvalue weighted by Crippen LogP contribution is -2.54. The van der Waals surface area contributed by atoms with Gasteiger partial charge in [-0.05, 0) is 32.7 Å². The average molecular weight is 242 g/mol. The first-order valence-electron chi connectivity index (χ1n) is 7.28. The molecule has 1 atom stereocenters. The highest BCUT2D eigenvalue weighted by molar-refractivity contribution is 4.92. The molecule has 3 nitrogen and oxygen atoms in total. The summed E-state index contributed by atoms with van der Waals surface area (Å²) in [5.41, 5.74) is 6.29. The van der Waals surface area contributed by atoms with Crippen LogP contribution in [0.3, 0.4) is 0 Å². The minimum absolute atomic E-state index is 0.204. The van der Waals surface area contributed by atoms with E-state index < -0.39 is 0 Å². The van der Waals surface area contributed by atoms with Crippen molar-refractivity contribution in [3.05, 3.63) is 0 Å². The predicted molar refractivity (Wildman–Crippen MR) is 73.0 cm³/mol. The second kappa shape index (κ2) is 7.34. The Bertz CT molecular complexity index is 198. The zero-order valence-electron chi connectivity index (χ0n) is 11.6. The quantitative estimate of drug-likeness (QED) is 0.702. The van der Waals surface area contributed by atoms with E-state index >= 15 is 0 Å². The Morgan fingerprint density at radius 1 is 1.24 bits per heavy atom. The van der Waals surface area contributed by atoms with Gasteiger partial charge in [-0.15, -0.1) is 0 Å². The lowest BCUT2D eigenvalue weighted by molar-refractivity contribution is 0.0646. The molecule has 0 heterocycles. The van der Waals surface area contributed by atoms with Crippen molar-refractivity contribution in [2.45, 2.75) is 70.4 Å². The maximum Gasteiger partial charge on any atom is 0.0524 e. The SMILES string of the molecule is CCN(CCC(C)O)C1(CN)CCCCCC1. The molecule has 1 rings (SSSR count). The van der Waals surface area contributed by atoms with Crippen LogP contribution in [0.2, 0.25) is 0 Å². The Kier molecular flexibility index (Phi) is 6.45. The van der Waals surface area contributed by atoms with Crippen molar-refractivity contribution < 1.29 is 5.11 Å². The molecule has 0 aromatic carbocycles. The van der Waals surface area contributed by atoms with Crippen molar-refractivity contribution in [2.24, 2.45) is 5.73 Å². The van der Waals surface area contributed by atoms with Crippen molar-refractivity contribution >= 4 is 0 Å². The van der Waals surface area contributed by atoms with Crippen LogP contribution in [-0.4, -0.2) is 41.3 Å². The van der Waals surface area contributed by atoms with Gasteiger partial charge in [-0.1, -0.05) is 32.6 Å². The zero-order chi connectivity index (χ0) is 12.7. The molecule has 3 N–H and O–H groups in total. The van der Waals surface area contributed by atoms with E-state index in [4.69, 9.17) is 5.73 Å². The van der Waals surface area contributed by atoms with Crippen LogP contribution in [0, 0.1) is 0 Å². The molecule has 1 fully saturated rings. The van der Waals surface area contributed by atoms with Gasteiger partial charge in [0, 0.05) is 18.6 Å². The van der Waals surface area contributed by atoms with Gasteiger partial charge in [0.2, 0.25) is 0 Å². The number of hydrogen-bond donors (Lipinski definition) is 2. The largest absolute Gasteiger partial charge is 0.393 e. The van der Waals surface area contributed by atoms with Crippen LogP contribution in [0.25, 0.3) is 0 Å². The minimum Gasteiger partial charge on any atom is -0.393 e. The molecule has 1 aliphatic carbocycles. The van der Waals surface area contributed by atoms with Crippen LogP contribution < -0.4 is 5.73 Å². The van der Waals surface area contributed by atoms with Gasteiger partial charge in [0.1, 0.15) is 0 Å². The van der Waals surface area contributed by atoms with Gasteiger partial charge < -0.3 is 10.8 Å². The van der Waals surface area contributed by atoms with Gasteiger partial charge in [-0.3, -0.25) is 4.90 Å². The van der Waals surface area contributed by atoms with Crippen molar-refractivity contribution in [3.8, 4) is 0 Å². The van der Waals surface area contributed by atoms with Gasteiger partial charge in [-0.2, -0.15) is 0 Å². The van der Waals surface area contributed by atoms with Crippen LogP contribution >= 0.6 is 0 Å². The standard InChI is InChI=1S/C14H30N2O/c1-3-16(11-8-13(2)17)14(12-15)9-6-4-5-7-10-14/h13,17H,3-12,15H2,1-2H3. The summed E-state index contributed by atoms with van der Waals surface area (Å²) in [5.74, 6) is 0. The fourth-order valence-corrected chi connectivity index (χ4v) is 3.11. The molecule has 0 amide bonds. The molecule has 0 bridgehead atoms. The fourth-order valence-electron chi connectivity index (χ4n) is 3.11. The number of rotatable bonds is 6. The van der Waals surface area contributed by atoms with E-state index in [1.807, 2.05) is 6.92 Å². The third-order valence-corrected chi connectivity index (χ3v) is 4.28. The molecule has 0 saturated heterocycles. The first kappa shape index (κ1) is 14.9. The van der Waals surface area contributed by atoms with Crippen molar-refractivity contribution in [3.63, 3.8) is 0 Å². The molecule has 0 spiro atoms. The number of nitrogens with zero attached hydrogens (tertiary/aromatic N) is 1. The van der Waals surface area contributed by atoms with Gasteiger partial charge in [0.25, 0.3) is 0 Å². The Balaban J connectivity index is 2.65. The summed E-state index contributed by atoms with van der Waals surface area (Å²) >= 11 is 0. The number of likely N-dealkylation sites (N-methyl/N-ethyl adjacent to an activating group) is 1. The summed E-state index contributed by atoms with van der Waals surface area (Å²) in [4.78, 5) is 2.52. The van der Waals surface area contributed by atoms with Crippen molar-refractivity contribution in [1.29, 1.82) is 0 Å². The second-order valence-electron chi connectivity index (χ2n) is 5.56. The third kappa shape index (κ3) is 4.23. The Morgan fingerprint density at radius 3 is 2.24 bits per heavy atom. The summed E-state index contributed by atoms with van der Waals surface area (Å²) < 4.78 is 0. The van der Waals surface area contributed by atoms with Gasteiger partial charge >= 0.3 is 0 Å². The van der Waals surface area contributed by atoms with Crippen molar-refractivity contribution in [2.75, 3.05) is 19.6 Å². The molecule has 0 radical (unpaired) electrons. The predicted octanol–water partition coefficient (Wildman–Crippen LogP) is 2.13.